The molecule has 0 bridgehead atoms. The van der Waals surface area contributed by atoms with Gasteiger partial charge in [0.1, 0.15) is 5.75 Å². The molecule has 19 heavy (non-hydrogen) atoms. The van der Waals surface area contributed by atoms with E-state index in [4.69, 9.17) is 4.74 Å². The molecule has 0 amide bonds. The summed E-state index contributed by atoms with van der Waals surface area (Å²) < 4.78 is 5.72. The Bertz CT molecular complexity index is 496. The summed E-state index contributed by atoms with van der Waals surface area (Å²) in [6, 6.07) is 6.91. The predicted octanol–water partition coefficient (Wildman–Crippen LogP) is 3.07. The Kier molecular flexibility index (Phi) is 4.11. The molecule has 0 atom stereocenters. The number of hydrogen-bond donors (Lipinski definition) is 0. The molecular weight excluding hydrogens is 236 g/mol. The van der Waals surface area contributed by atoms with Gasteiger partial charge < -0.3 is 4.74 Å². The molecular formula is C16H22N2O. The van der Waals surface area contributed by atoms with Crippen LogP contribution in [0.3, 0.4) is 0 Å². The molecule has 0 saturated carbocycles. The van der Waals surface area contributed by atoms with Crippen LogP contribution in [0.4, 0.5) is 0 Å². The molecule has 102 valence electrons. The summed E-state index contributed by atoms with van der Waals surface area (Å²) in [5.74, 6) is 1.32. The second-order valence-corrected chi connectivity index (χ2v) is 5.46. The average molecular weight is 258 g/mol. The highest BCUT2D eigenvalue weighted by atomic mass is 16.5. The largest absolute Gasteiger partial charge is 0.494 e. The topological polar surface area (TPSA) is 36.3 Å². The van der Waals surface area contributed by atoms with Crippen molar-refractivity contribution in [2.45, 2.75) is 39.7 Å². The van der Waals surface area contributed by atoms with Gasteiger partial charge in [-0.05, 0) is 39.3 Å². The number of benzene rings is 1. The third-order valence-corrected chi connectivity index (χ3v) is 3.87. The van der Waals surface area contributed by atoms with Gasteiger partial charge in [-0.25, -0.2) is 0 Å². The maximum absolute atomic E-state index is 9.42. The molecule has 3 nitrogen and oxygen atoms in total. The van der Waals surface area contributed by atoms with Gasteiger partial charge in [0.05, 0.1) is 18.2 Å². The van der Waals surface area contributed by atoms with Gasteiger partial charge >= 0.3 is 0 Å². The summed E-state index contributed by atoms with van der Waals surface area (Å²) in [5, 5.41) is 9.42. The van der Waals surface area contributed by atoms with Crippen LogP contribution in [0.15, 0.2) is 12.1 Å². The minimum absolute atomic E-state index is 0.429. The fourth-order valence-electron chi connectivity index (χ4n) is 2.66. The fourth-order valence-corrected chi connectivity index (χ4v) is 2.66. The van der Waals surface area contributed by atoms with Crippen molar-refractivity contribution >= 4 is 0 Å². The fraction of sp³-hybridized carbons (Fsp3) is 0.562. The first-order valence-corrected chi connectivity index (χ1v) is 6.98. The summed E-state index contributed by atoms with van der Waals surface area (Å²) in [7, 11) is 0. The molecule has 1 aromatic carbocycles. The van der Waals surface area contributed by atoms with Crippen LogP contribution < -0.4 is 4.74 Å². The number of aryl methyl sites for hydroxylation is 1. The van der Waals surface area contributed by atoms with Crippen molar-refractivity contribution in [2.75, 3.05) is 19.7 Å². The SMILES string of the molecule is CCOc1ccc(C)c(C#N)c1C1CN(C(C)C)C1. The van der Waals surface area contributed by atoms with Crippen molar-refractivity contribution in [3.8, 4) is 11.8 Å². The second kappa shape index (κ2) is 5.63. The van der Waals surface area contributed by atoms with Crippen LogP contribution in [0, 0.1) is 18.3 Å². The van der Waals surface area contributed by atoms with Gasteiger partial charge in [-0.3, -0.25) is 4.90 Å². The van der Waals surface area contributed by atoms with Crippen molar-refractivity contribution in [1.29, 1.82) is 5.26 Å². The standard InChI is InChI=1S/C16H22N2O/c1-5-19-15-7-6-12(4)14(8-17)16(15)13-9-18(10-13)11(2)3/h6-7,11,13H,5,9-10H2,1-4H3. The lowest BCUT2D eigenvalue weighted by molar-refractivity contribution is 0.108. The van der Waals surface area contributed by atoms with E-state index in [2.05, 4.69) is 24.8 Å². The molecule has 1 fully saturated rings. The van der Waals surface area contributed by atoms with E-state index in [-0.39, 0.29) is 0 Å². The first-order chi connectivity index (χ1) is 9.08. The first kappa shape index (κ1) is 13.9. The first-order valence-electron chi connectivity index (χ1n) is 6.98. The molecule has 1 aliphatic heterocycles. The molecule has 3 heteroatoms. The Morgan fingerprint density at radius 1 is 1.42 bits per heavy atom. The van der Waals surface area contributed by atoms with E-state index in [1.165, 1.54) is 0 Å². The van der Waals surface area contributed by atoms with Crippen LogP contribution >= 0.6 is 0 Å². The summed E-state index contributed by atoms with van der Waals surface area (Å²) in [4.78, 5) is 2.42. The van der Waals surface area contributed by atoms with E-state index in [0.717, 1.165) is 35.5 Å². The number of rotatable bonds is 4. The molecule has 1 heterocycles. The van der Waals surface area contributed by atoms with Crippen LogP contribution in [0.25, 0.3) is 0 Å². The molecule has 0 spiro atoms. The molecule has 1 aliphatic rings. The average Bonchev–Trinajstić information content (AvgIpc) is 2.30. The Hall–Kier alpha value is -1.53. The maximum atomic E-state index is 9.42. The highest BCUT2D eigenvalue weighted by Gasteiger charge is 2.33. The van der Waals surface area contributed by atoms with E-state index in [0.29, 0.717) is 18.6 Å². The molecule has 0 N–H and O–H groups in total. The Labute approximate surface area is 115 Å². The zero-order valence-corrected chi connectivity index (χ0v) is 12.2. The summed E-state index contributed by atoms with van der Waals surface area (Å²) in [6.45, 7) is 11.1. The minimum Gasteiger partial charge on any atom is -0.494 e. The van der Waals surface area contributed by atoms with Crippen LogP contribution in [0.2, 0.25) is 0 Å². The molecule has 0 aromatic heterocycles. The van der Waals surface area contributed by atoms with Crippen LogP contribution in [0.5, 0.6) is 5.75 Å². The van der Waals surface area contributed by atoms with Crippen molar-refractivity contribution in [3.05, 3.63) is 28.8 Å². The number of nitriles is 1. The molecule has 1 saturated heterocycles. The van der Waals surface area contributed by atoms with Gasteiger partial charge in [0.15, 0.2) is 0 Å². The zero-order chi connectivity index (χ0) is 14.0. The molecule has 1 aromatic rings. The third kappa shape index (κ3) is 2.59. The third-order valence-electron chi connectivity index (χ3n) is 3.87. The lowest BCUT2D eigenvalue weighted by atomic mass is 9.85. The maximum Gasteiger partial charge on any atom is 0.124 e. The van der Waals surface area contributed by atoms with Crippen molar-refractivity contribution in [3.63, 3.8) is 0 Å². The highest BCUT2D eigenvalue weighted by molar-refractivity contribution is 5.54. The lowest BCUT2D eigenvalue weighted by Gasteiger charge is -2.43. The summed E-state index contributed by atoms with van der Waals surface area (Å²) >= 11 is 0. The second-order valence-electron chi connectivity index (χ2n) is 5.46. The van der Waals surface area contributed by atoms with Gasteiger partial charge in [0.2, 0.25) is 0 Å². The molecule has 0 unspecified atom stereocenters. The van der Waals surface area contributed by atoms with E-state index in [1.807, 2.05) is 26.0 Å². The smallest absolute Gasteiger partial charge is 0.124 e. The molecule has 0 radical (unpaired) electrons. The van der Waals surface area contributed by atoms with Gasteiger partial charge in [0, 0.05) is 30.6 Å². The Balaban J connectivity index is 2.33. The normalized spacial score (nSPS) is 16.2. The molecule has 2 rings (SSSR count). The quantitative estimate of drug-likeness (QED) is 0.832. The van der Waals surface area contributed by atoms with Crippen molar-refractivity contribution < 1.29 is 4.74 Å². The lowest BCUT2D eigenvalue weighted by Crippen LogP contribution is -2.48. The van der Waals surface area contributed by atoms with E-state index < -0.39 is 0 Å². The van der Waals surface area contributed by atoms with Crippen LogP contribution in [-0.2, 0) is 0 Å². The number of likely N-dealkylation sites (tertiary alicyclic amines) is 1. The van der Waals surface area contributed by atoms with Crippen LogP contribution in [0.1, 0.15) is 43.4 Å². The highest BCUT2D eigenvalue weighted by Crippen LogP contribution is 2.38. The van der Waals surface area contributed by atoms with Gasteiger partial charge in [-0.1, -0.05) is 6.07 Å². The molecule has 0 aliphatic carbocycles. The van der Waals surface area contributed by atoms with Crippen molar-refractivity contribution in [1.82, 2.24) is 4.90 Å². The minimum atomic E-state index is 0.429. The van der Waals surface area contributed by atoms with Gasteiger partial charge in [0.25, 0.3) is 0 Å². The zero-order valence-electron chi connectivity index (χ0n) is 12.2. The van der Waals surface area contributed by atoms with Crippen molar-refractivity contribution in [2.24, 2.45) is 0 Å². The Morgan fingerprint density at radius 3 is 2.63 bits per heavy atom. The van der Waals surface area contributed by atoms with E-state index in [1.54, 1.807) is 0 Å². The van der Waals surface area contributed by atoms with E-state index >= 15 is 0 Å². The monoisotopic (exact) mass is 258 g/mol. The van der Waals surface area contributed by atoms with Crippen LogP contribution in [-0.4, -0.2) is 30.6 Å². The van der Waals surface area contributed by atoms with Gasteiger partial charge in [-0.2, -0.15) is 5.26 Å². The number of hydrogen-bond acceptors (Lipinski definition) is 3. The van der Waals surface area contributed by atoms with E-state index in [9.17, 15) is 5.26 Å². The number of ether oxygens (including phenoxy) is 1. The summed E-state index contributed by atoms with van der Waals surface area (Å²) in [6.07, 6.45) is 0. The Morgan fingerprint density at radius 2 is 2.11 bits per heavy atom. The predicted molar refractivity (Wildman–Crippen MR) is 76.5 cm³/mol. The summed E-state index contributed by atoms with van der Waals surface area (Å²) in [5.41, 5.74) is 2.96. The van der Waals surface area contributed by atoms with Gasteiger partial charge in [-0.15, -0.1) is 0 Å². The number of nitrogens with zero attached hydrogens (tertiary/aromatic N) is 2.